The number of esters is 2. The Labute approximate surface area is 321 Å². The molecule has 1 aliphatic rings. The molecule has 6 atom stereocenters. The van der Waals surface area contributed by atoms with Crippen LogP contribution in [0, 0.1) is 0 Å². The Balaban J connectivity index is 2.38. The third-order valence-corrected chi connectivity index (χ3v) is 9.50. The van der Waals surface area contributed by atoms with Gasteiger partial charge in [0, 0.05) is 12.8 Å². The lowest BCUT2D eigenvalue weighted by molar-refractivity contribution is -0.305. The SMILES string of the molecule is CCCCC/C=C\CCCCCCCC(=O)OCC(COC1OC(CO)C(O)C(O)C1O)OC(=O)CCCCCCC/C=C\C/C=C\CCCCCC. The number of aliphatic hydroxyl groups excluding tert-OH is 4. The van der Waals surface area contributed by atoms with Gasteiger partial charge in [-0.3, -0.25) is 9.59 Å². The maximum atomic E-state index is 12.7. The van der Waals surface area contributed by atoms with Gasteiger partial charge in [-0.1, -0.05) is 121 Å². The molecule has 308 valence electrons. The van der Waals surface area contributed by atoms with Gasteiger partial charge >= 0.3 is 11.9 Å². The molecule has 0 aliphatic carbocycles. The molecule has 0 amide bonds. The Morgan fingerprint density at radius 3 is 1.62 bits per heavy atom. The van der Waals surface area contributed by atoms with Gasteiger partial charge in [0.2, 0.25) is 0 Å². The average molecular weight is 753 g/mol. The van der Waals surface area contributed by atoms with Crippen molar-refractivity contribution >= 4 is 11.9 Å². The fourth-order valence-corrected chi connectivity index (χ4v) is 6.09. The lowest BCUT2D eigenvalue weighted by Gasteiger charge is -2.39. The molecule has 0 spiro atoms. The third kappa shape index (κ3) is 26.4. The molecule has 0 aromatic heterocycles. The first-order valence-corrected chi connectivity index (χ1v) is 21.1. The van der Waals surface area contributed by atoms with E-state index in [-0.39, 0.29) is 26.1 Å². The molecular weight excluding hydrogens is 676 g/mol. The quantitative estimate of drug-likeness (QED) is 0.0287. The normalized spacial score (nSPS) is 21.2. The van der Waals surface area contributed by atoms with Crippen LogP contribution in [0.1, 0.15) is 168 Å². The van der Waals surface area contributed by atoms with Crippen LogP contribution in [0.4, 0.5) is 0 Å². The Hall–Kier alpha value is -2.08. The van der Waals surface area contributed by atoms with Gasteiger partial charge < -0.3 is 39.4 Å². The summed E-state index contributed by atoms with van der Waals surface area (Å²) < 4.78 is 22.1. The van der Waals surface area contributed by atoms with Gasteiger partial charge in [0.1, 0.15) is 31.0 Å². The largest absolute Gasteiger partial charge is 0.462 e. The first-order valence-electron chi connectivity index (χ1n) is 21.1. The van der Waals surface area contributed by atoms with Crippen LogP contribution in [0.5, 0.6) is 0 Å². The van der Waals surface area contributed by atoms with Gasteiger partial charge in [0.25, 0.3) is 0 Å². The van der Waals surface area contributed by atoms with Crippen molar-refractivity contribution in [1.82, 2.24) is 0 Å². The van der Waals surface area contributed by atoms with Crippen molar-refractivity contribution in [2.45, 2.75) is 205 Å². The fraction of sp³-hybridized carbons (Fsp3) is 0.814. The number of unbranched alkanes of at least 4 members (excludes halogenated alkanes) is 17. The summed E-state index contributed by atoms with van der Waals surface area (Å²) in [5.41, 5.74) is 0. The second-order valence-corrected chi connectivity index (χ2v) is 14.4. The highest BCUT2D eigenvalue weighted by atomic mass is 16.7. The Bertz CT molecular complexity index is 965. The number of hydrogen-bond donors (Lipinski definition) is 4. The maximum Gasteiger partial charge on any atom is 0.306 e. The van der Waals surface area contributed by atoms with E-state index in [0.29, 0.717) is 12.8 Å². The molecule has 1 heterocycles. The summed E-state index contributed by atoms with van der Waals surface area (Å²) in [5.74, 6) is -0.835. The molecule has 1 saturated heterocycles. The van der Waals surface area contributed by atoms with E-state index in [1.165, 1.54) is 51.4 Å². The van der Waals surface area contributed by atoms with Crippen molar-refractivity contribution < 1.29 is 49.0 Å². The van der Waals surface area contributed by atoms with Crippen LogP contribution in [0.15, 0.2) is 36.5 Å². The van der Waals surface area contributed by atoms with Gasteiger partial charge in [-0.2, -0.15) is 0 Å². The highest BCUT2D eigenvalue weighted by Gasteiger charge is 2.44. The van der Waals surface area contributed by atoms with E-state index in [1.807, 2.05) is 0 Å². The maximum absolute atomic E-state index is 12.7. The number of carbonyl (C=O) groups excluding carboxylic acids is 2. The number of ether oxygens (including phenoxy) is 4. The molecule has 0 bridgehead atoms. The Morgan fingerprint density at radius 2 is 1.06 bits per heavy atom. The van der Waals surface area contributed by atoms with Crippen LogP contribution in [-0.2, 0) is 28.5 Å². The topological polar surface area (TPSA) is 152 Å². The zero-order valence-corrected chi connectivity index (χ0v) is 33.3. The monoisotopic (exact) mass is 753 g/mol. The number of aliphatic hydroxyl groups is 4. The van der Waals surface area contributed by atoms with Crippen LogP contribution >= 0.6 is 0 Å². The highest BCUT2D eigenvalue weighted by Crippen LogP contribution is 2.22. The number of allylic oxidation sites excluding steroid dienone is 6. The Morgan fingerprint density at radius 1 is 0.585 bits per heavy atom. The predicted molar refractivity (Wildman–Crippen MR) is 210 cm³/mol. The van der Waals surface area contributed by atoms with Crippen molar-refractivity contribution in [3.63, 3.8) is 0 Å². The van der Waals surface area contributed by atoms with E-state index in [1.54, 1.807) is 0 Å². The first-order chi connectivity index (χ1) is 25.8. The smallest absolute Gasteiger partial charge is 0.306 e. The van der Waals surface area contributed by atoms with Crippen molar-refractivity contribution in [1.29, 1.82) is 0 Å². The molecule has 10 nitrogen and oxygen atoms in total. The summed E-state index contributed by atoms with van der Waals surface area (Å²) in [5, 5.41) is 40.0. The van der Waals surface area contributed by atoms with Crippen molar-refractivity contribution in [2.24, 2.45) is 0 Å². The molecule has 6 unspecified atom stereocenters. The molecule has 53 heavy (non-hydrogen) atoms. The standard InChI is InChI=1S/C43H76O10/c1-3-5-7-9-11-13-15-17-18-19-20-22-24-26-28-30-32-39(46)52-36(35-51-43-42(49)41(48)40(47)37(33-44)53-43)34-50-38(45)31-29-27-25-23-21-16-14-12-10-8-6-4-2/h12-15,18-19,36-37,40-44,47-49H,3-11,16-17,20-35H2,1-2H3/b14-12-,15-13-,19-18-. The van der Waals surface area contributed by atoms with Gasteiger partial charge in [0.05, 0.1) is 13.2 Å². The summed E-state index contributed by atoms with van der Waals surface area (Å²) in [6, 6.07) is 0. The van der Waals surface area contributed by atoms with Gasteiger partial charge in [-0.15, -0.1) is 0 Å². The molecule has 1 fully saturated rings. The van der Waals surface area contributed by atoms with E-state index in [0.717, 1.165) is 77.0 Å². The summed E-state index contributed by atoms with van der Waals surface area (Å²) in [6.07, 6.45) is 30.0. The molecule has 10 heteroatoms. The lowest BCUT2D eigenvalue weighted by atomic mass is 9.99. The zero-order chi connectivity index (χ0) is 38.8. The summed E-state index contributed by atoms with van der Waals surface area (Å²) in [4.78, 5) is 25.2. The second kappa shape index (κ2) is 34.4. The molecule has 0 saturated carbocycles. The minimum Gasteiger partial charge on any atom is -0.462 e. The minimum absolute atomic E-state index is 0.212. The van der Waals surface area contributed by atoms with Gasteiger partial charge in [-0.05, 0) is 70.6 Å². The van der Waals surface area contributed by atoms with Crippen LogP contribution in [0.3, 0.4) is 0 Å². The van der Waals surface area contributed by atoms with E-state index in [9.17, 15) is 30.0 Å². The van der Waals surface area contributed by atoms with Crippen molar-refractivity contribution in [2.75, 3.05) is 19.8 Å². The third-order valence-electron chi connectivity index (χ3n) is 9.50. The van der Waals surface area contributed by atoms with Crippen LogP contribution in [0.2, 0.25) is 0 Å². The molecule has 0 aromatic carbocycles. The molecule has 4 N–H and O–H groups in total. The lowest BCUT2D eigenvalue weighted by Crippen LogP contribution is -2.59. The van der Waals surface area contributed by atoms with Crippen LogP contribution in [0.25, 0.3) is 0 Å². The van der Waals surface area contributed by atoms with Crippen LogP contribution < -0.4 is 0 Å². The number of hydrogen-bond acceptors (Lipinski definition) is 10. The highest BCUT2D eigenvalue weighted by molar-refractivity contribution is 5.70. The van der Waals surface area contributed by atoms with Gasteiger partial charge in [-0.25, -0.2) is 0 Å². The molecule has 1 aliphatic heterocycles. The summed E-state index contributed by atoms with van der Waals surface area (Å²) >= 11 is 0. The van der Waals surface area contributed by atoms with E-state index in [4.69, 9.17) is 18.9 Å². The Kier molecular flexibility index (Phi) is 31.8. The summed E-state index contributed by atoms with van der Waals surface area (Å²) in [7, 11) is 0. The van der Waals surface area contributed by atoms with E-state index in [2.05, 4.69) is 50.3 Å². The number of carbonyl (C=O) groups is 2. The zero-order valence-electron chi connectivity index (χ0n) is 33.3. The first kappa shape index (κ1) is 48.9. The molecular formula is C43H76O10. The fourth-order valence-electron chi connectivity index (χ4n) is 6.09. The van der Waals surface area contributed by atoms with E-state index < -0.39 is 55.4 Å². The molecule has 0 radical (unpaired) electrons. The van der Waals surface area contributed by atoms with Gasteiger partial charge in [0.15, 0.2) is 12.4 Å². The minimum atomic E-state index is -1.60. The molecule has 1 rings (SSSR count). The summed E-state index contributed by atoms with van der Waals surface area (Å²) in [6.45, 7) is 3.34. The predicted octanol–water partition coefficient (Wildman–Crippen LogP) is 8.33. The van der Waals surface area contributed by atoms with Crippen LogP contribution in [-0.4, -0.2) is 89.0 Å². The average Bonchev–Trinajstić information content (AvgIpc) is 3.15. The second-order valence-electron chi connectivity index (χ2n) is 14.4. The van der Waals surface area contributed by atoms with E-state index >= 15 is 0 Å². The van der Waals surface area contributed by atoms with Crippen molar-refractivity contribution in [3.8, 4) is 0 Å². The number of rotatable bonds is 34. The molecule has 0 aromatic rings. The van der Waals surface area contributed by atoms with Crippen molar-refractivity contribution in [3.05, 3.63) is 36.5 Å².